The molecule has 0 radical (unpaired) electrons. The molecule has 2 N–H and O–H groups in total. The van der Waals surface area contributed by atoms with E-state index in [2.05, 4.69) is 37.4 Å². The number of hydrogen-bond acceptors (Lipinski definition) is 8. The molecule has 1 fully saturated rings. The SMILES string of the molecule is CC(=N)C=Cc1nc(Sc2ccc3ncc(-c4cnn(C5CN(C(=O)OC(C)(C)C)C5)c4)cc3c2)n[nH]1. The van der Waals surface area contributed by atoms with Crippen molar-refractivity contribution in [2.75, 3.05) is 13.1 Å². The summed E-state index contributed by atoms with van der Waals surface area (Å²) in [6.07, 6.45) is 8.79. The molecule has 1 aromatic carbocycles. The third-order valence-electron chi connectivity index (χ3n) is 5.66. The molecule has 1 saturated heterocycles. The number of likely N-dealkylation sites (tertiary alicyclic amines) is 1. The van der Waals surface area contributed by atoms with Gasteiger partial charge in [-0.05, 0) is 75.9 Å². The van der Waals surface area contributed by atoms with E-state index < -0.39 is 5.60 Å². The third-order valence-corrected chi connectivity index (χ3v) is 6.51. The molecule has 0 saturated carbocycles. The molecule has 0 aliphatic carbocycles. The Morgan fingerprint density at radius 1 is 1.22 bits per heavy atom. The number of amides is 1. The quantitative estimate of drug-likeness (QED) is 0.337. The third kappa shape index (κ3) is 5.88. The van der Waals surface area contributed by atoms with E-state index in [1.165, 1.54) is 11.8 Å². The zero-order valence-electron chi connectivity index (χ0n) is 21.1. The standard InChI is InChI=1S/C26H28N8O2S/c1-16(27)5-8-23-30-24(32-31-23)37-21-6-7-22-17(10-21)9-18(11-28-22)19-12-29-34(13-19)20-14-33(15-20)25(35)36-26(2,3)4/h5-13,20,27H,14-15H2,1-4H3,(H,30,31,32). The number of allylic oxidation sites excluding steroid dienone is 1. The van der Waals surface area contributed by atoms with E-state index in [0.717, 1.165) is 26.9 Å². The molecule has 1 aliphatic rings. The Hall–Kier alpha value is -3.99. The summed E-state index contributed by atoms with van der Waals surface area (Å²) >= 11 is 1.46. The van der Waals surface area contributed by atoms with E-state index in [-0.39, 0.29) is 12.1 Å². The van der Waals surface area contributed by atoms with Crippen LogP contribution in [0.25, 0.3) is 28.1 Å². The summed E-state index contributed by atoms with van der Waals surface area (Å²) in [7, 11) is 0. The Morgan fingerprint density at radius 3 is 2.78 bits per heavy atom. The lowest BCUT2D eigenvalue weighted by Gasteiger charge is -2.39. The van der Waals surface area contributed by atoms with Crippen LogP contribution in [0.2, 0.25) is 0 Å². The maximum atomic E-state index is 12.2. The molecular formula is C26H28N8O2S. The number of carbonyl (C=O) groups excluding carboxylic acids is 1. The first kappa shape index (κ1) is 24.7. The van der Waals surface area contributed by atoms with Gasteiger partial charge in [-0.25, -0.2) is 9.78 Å². The number of aromatic nitrogens is 6. The van der Waals surface area contributed by atoms with Gasteiger partial charge < -0.3 is 15.0 Å². The highest BCUT2D eigenvalue weighted by atomic mass is 32.2. The summed E-state index contributed by atoms with van der Waals surface area (Å²) in [5.74, 6) is 0.608. The lowest BCUT2D eigenvalue weighted by molar-refractivity contribution is -0.000383. The predicted octanol–water partition coefficient (Wildman–Crippen LogP) is 5.21. The molecule has 0 spiro atoms. The second-order valence-corrected chi connectivity index (χ2v) is 11.0. The van der Waals surface area contributed by atoms with Crippen molar-refractivity contribution in [2.24, 2.45) is 0 Å². The Bertz CT molecular complexity index is 1490. The van der Waals surface area contributed by atoms with Crippen molar-refractivity contribution >= 4 is 40.5 Å². The minimum atomic E-state index is -0.502. The van der Waals surface area contributed by atoms with Gasteiger partial charge in [-0.2, -0.15) is 5.10 Å². The molecule has 190 valence electrons. The molecule has 1 amide bonds. The summed E-state index contributed by atoms with van der Waals surface area (Å²) in [6, 6.07) is 8.27. The Kier molecular flexibility index (Phi) is 6.55. The minimum absolute atomic E-state index is 0.127. The van der Waals surface area contributed by atoms with Crippen molar-refractivity contribution in [3.63, 3.8) is 0 Å². The number of aromatic amines is 1. The van der Waals surface area contributed by atoms with Crippen molar-refractivity contribution < 1.29 is 9.53 Å². The summed E-state index contributed by atoms with van der Waals surface area (Å²) in [4.78, 5) is 24.0. The fourth-order valence-electron chi connectivity index (χ4n) is 3.80. The average Bonchev–Trinajstić information content (AvgIpc) is 3.45. The lowest BCUT2D eigenvalue weighted by Crippen LogP contribution is -2.52. The smallest absolute Gasteiger partial charge is 0.410 e. The molecule has 0 bridgehead atoms. The van der Waals surface area contributed by atoms with Crippen molar-refractivity contribution in [3.8, 4) is 11.1 Å². The van der Waals surface area contributed by atoms with Gasteiger partial charge in [0, 0.05) is 52.6 Å². The van der Waals surface area contributed by atoms with Crippen LogP contribution >= 0.6 is 11.8 Å². The average molecular weight is 517 g/mol. The molecule has 4 heterocycles. The fourth-order valence-corrected chi connectivity index (χ4v) is 4.57. The molecular weight excluding hydrogens is 488 g/mol. The molecule has 10 nitrogen and oxygen atoms in total. The Labute approximate surface area is 218 Å². The van der Waals surface area contributed by atoms with Gasteiger partial charge in [-0.15, -0.1) is 5.10 Å². The van der Waals surface area contributed by atoms with Gasteiger partial charge in [0.15, 0.2) is 0 Å². The van der Waals surface area contributed by atoms with E-state index >= 15 is 0 Å². The summed E-state index contributed by atoms with van der Waals surface area (Å²) in [5, 5.41) is 20.7. The maximum absolute atomic E-state index is 12.2. The number of nitrogens with one attached hydrogen (secondary N) is 2. The number of nitrogens with zero attached hydrogens (tertiary/aromatic N) is 6. The number of fused-ring (bicyclic) bond motifs is 1. The summed E-state index contributed by atoms with van der Waals surface area (Å²) < 4.78 is 7.34. The monoisotopic (exact) mass is 516 g/mol. The highest BCUT2D eigenvalue weighted by Gasteiger charge is 2.35. The topological polar surface area (TPSA) is 126 Å². The minimum Gasteiger partial charge on any atom is -0.444 e. The Balaban J connectivity index is 1.27. The second kappa shape index (κ2) is 9.81. The normalized spacial score (nSPS) is 14.3. The number of benzene rings is 1. The van der Waals surface area contributed by atoms with Gasteiger partial charge in [-0.3, -0.25) is 14.8 Å². The molecule has 0 atom stereocenters. The van der Waals surface area contributed by atoms with Gasteiger partial charge in [0.05, 0.1) is 17.8 Å². The van der Waals surface area contributed by atoms with Crippen LogP contribution in [0.5, 0.6) is 0 Å². The van der Waals surface area contributed by atoms with Gasteiger partial charge in [0.1, 0.15) is 11.4 Å². The zero-order valence-corrected chi connectivity index (χ0v) is 21.9. The van der Waals surface area contributed by atoms with E-state index in [1.807, 2.05) is 56.2 Å². The molecule has 3 aromatic heterocycles. The van der Waals surface area contributed by atoms with Crippen LogP contribution < -0.4 is 0 Å². The first-order valence-corrected chi connectivity index (χ1v) is 12.7. The van der Waals surface area contributed by atoms with Crippen LogP contribution in [0.3, 0.4) is 0 Å². The summed E-state index contributed by atoms with van der Waals surface area (Å²) in [6.45, 7) is 8.46. The summed E-state index contributed by atoms with van der Waals surface area (Å²) in [5.41, 5.74) is 2.78. The highest BCUT2D eigenvalue weighted by molar-refractivity contribution is 7.99. The molecule has 0 unspecified atom stereocenters. The number of carbonyl (C=O) groups is 1. The largest absolute Gasteiger partial charge is 0.444 e. The van der Waals surface area contributed by atoms with Crippen molar-refractivity contribution in [1.82, 2.24) is 34.8 Å². The van der Waals surface area contributed by atoms with Crippen LogP contribution in [0.1, 0.15) is 39.6 Å². The van der Waals surface area contributed by atoms with Crippen LogP contribution in [0.4, 0.5) is 4.79 Å². The molecule has 4 aromatic rings. The van der Waals surface area contributed by atoms with Crippen LogP contribution in [0, 0.1) is 5.41 Å². The van der Waals surface area contributed by atoms with Gasteiger partial charge in [-0.1, -0.05) is 0 Å². The van der Waals surface area contributed by atoms with Crippen LogP contribution in [-0.2, 0) is 4.74 Å². The highest BCUT2D eigenvalue weighted by Crippen LogP contribution is 2.30. The van der Waals surface area contributed by atoms with Crippen LogP contribution in [0.15, 0.2) is 59.0 Å². The van der Waals surface area contributed by atoms with E-state index in [4.69, 9.17) is 10.1 Å². The number of H-pyrrole nitrogens is 1. The maximum Gasteiger partial charge on any atom is 0.410 e. The van der Waals surface area contributed by atoms with E-state index in [0.29, 0.717) is 29.8 Å². The van der Waals surface area contributed by atoms with Crippen molar-refractivity contribution in [3.05, 3.63) is 54.8 Å². The number of rotatable bonds is 6. The fraction of sp³-hybridized carbons (Fsp3) is 0.308. The number of hydrogen-bond donors (Lipinski definition) is 2. The second-order valence-electron chi connectivity index (χ2n) is 9.95. The first-order chi connectivity index (χ1) is 17.6. The molecule has 11 heteroatoms. The Morgan fingerprint density at radius 2 is 2.03 bits per heavy atom. The molecule has 5 rings (SSSR count). The lowest BCUT2D eigenvalue weighted by atomic mass is 10.1. The first-order valence-electron chi connectivity index (χ1n) is 11.9. The molecule has 1 aliphatic heterocycles. The predicted molar refractivity (Wildman–Crippen MR) is 143 cm³/mol. The van der Waals surface area contributed by atoms with Crippen molar-refractivity contribution in [2.45, 2.75) is 49.4 Å². The van der Waals surface area contributed by atoms with E-state index in [1.54, 1.807) is 24.0 Å². The molecule has 37 heavy (non-hydrogen) atoms. The van der Waals surface area contributed by atoms with Crippen molar-refractivity contribution in [1.29, 1.82) is 5.41 Å². The zero-order chi connectivity index (χ0) is 26.2. The van der Waals surface area contributed by atoms with E-state index in [9.17, 15) is 4.79 Å². The number of ether oxygens (including phenoxy) is 1. The van der Waals surface area contributed by atoms with Gasteiger partial charge >= 0.3 is 6.09 Å². The number of pyridine rings is 1. The van der Waals surface area contributed by atoms with Gasteiger partial charge in [0.25, 0.3) is 0 Å². The van der Waals surface area contributed by atoms with Gasteiger partial charge in [0.2, 0.25) is 5.16 Å². The van der Waals surface area contributed by atoms with Crippen LogP contribution in [-0.4, -0.2) is 65.3 Å².